The largest absolute Gasteiger partial charge is 0.304 e. The normalized spacial score (nSPS) is 18.5. The lowest BCUT2D eigenvalue weighted by molar-refractivity contribution is 0.250. The minimum Gasteiger partial charge on any atom is -0.304 e. The van der Waals surface area contributed by atoms with Crippen LogP contribution in [0.5, 0.6) is 0 Å². The molecule has 2 heterocycles. The first-order chi connectivity index (χ1) is 12.3. The van der Waals surface area contributed by atoms with Crippen LogP contribution in [0.1, 0.15) is 36.7 Å². The molecule has 0 saturated carbocycles. The lowest BCUT2D eigenvalue weighted by Crippen LogP contribution is -2.38. The van der Waals surface area contributed by atoms with E-state index in [0.717, 1.165) is 37.2 Å². The molecule has 1 aromatic heterocycles. The van der Waals surface area contributed by atoms with Crippen molar-refractivity contribution in [1.29, 1.82) is 0 Å². The molecule has 6 nitrogen and oxygen atoms in total. The number of benzene rings is 1. The zero-order valence-corrected chi connectivity index (χ0v) is 18.2. The highest BCUT2D eigenvalue weighted by molar-refractivity contribution is 7.89. The maximum absolute atomic E-state index is 13.2. The molecule has 2 aromatic rings. The molecule has 0 aliphatic carbocycles. The summed E-state index contributed by atoms with van der Waals surface area (Å²) in [5, 5.41) is 5.04. The van der Waals surface area contributed by atoms with E-state index in [0.29, 0.717) is 11.6 Å². The highest BCUT2D eigenvalue weighted by Crippen LogP contribution is 2.35. The van der Waals surface area contributed by atoms with E-state index in [9.17, 15) is 8.42 Å². The van der Waals surface area contributed by atoms with Crippen LogP contribution in [0.15, 0.2) is 35.2 Å². The maximum atomic E-state index is 13.2. The Labute approximate surface area is 172 Å². The summed E-state index contributed by atoms with van der Waals surface area (Å²) >= 11 is 6.01. The molecule has 1 unspecified atom stereocenters. The van der Waals surface area contributed by atoms with Gasteiger partial charge in [-0.3, -0.25) is 4.68 Å². The Morgan fingerprint density at radius 2 is 2.00 bits per heavy atom. The van der Waals surface area contributed by atoms with Crippen LogP contribution in [0.2, 0.25) is 5.02 Å². The minimum atomic E-state index is -3.62. The average Bonchev–Trinajstić information content (AvgIpc) is 2.95. The second-order valence-electron chi connectivity index (χ2n) is 7.01. The van der Waals surface area contributed by atoms with Gasteiger partial charge in [-0.05, 0) is 51.2 Å². The minimum absolute atomic E-state index is 0. The van der Waals surface area contributed by atoms with Crippen molar-refractivity contribution in [3.63, 3.8) is 0 Å². The van der Waals surface area contributed by atoms with Crippen LogP contribution in [0.25, 0.3) is 0 Å². The fourth-order valence-electron chi connectivity index (χ4n) is 3.42. The number of nitrogens with zero attached hydrogens (tertiary/aromatic N) is 4. The summed E-state index contributed by atoms with van der Waals surface area (Å²) in [4.78, 5) is 2.31. The van der Waals surface area contributed by atoms with Crippen LogP contribution in [-0.4, -0.2) is 48.0 Å². The van der Waals surface area contributed by atoms with Gasteiger partial charge in [-0.2, -0.15) is 9.40 Å². The molecule has 0 amide bonds. The number of sulfonamides is 1. The highest BCUT2D eigenvalue weighted by atomic mass is 35.5. The van der Waals surface area contributed by atoms with E-state index in [1.165, 1.54) is 6.07 Å². The van der Waals surface area contributed by atoms with Crippen molar-refractivity contribution in [1.82, 2.24) is 19.0 Å². The first kappa shape index (κ1) is 22.2. The Kier molecular flexibility index (Phi) is 7.33. The number of aryl methyl sites for hydroxylation is 1. The van der Waals surface area contributed by atoms with Gasteiger partial charge in [0, 0.05) is 25.2 Å². The molecule has 27 heavy (non-hydrogen) atoms. The number of hydrogen-bond donors (Lipinski definition) is 0. The Balaban J connectivity index is 0.00000261. The van der Waals surface area contributed by atoms with E-state index in [1.54, 1.807) is 22.5 Å². The van der Waals surface area contributed by atoms with Crippen LogP contribution in [-0.2, 0) is 23.6 Å². The molecule has 0 radical (unpaired) electrons. The summed E-state index contributed by atoms with van der Waals surface area (Å²) in [6.45, 7) is 1.26. The van der Waals surface area contributed by atoms with Gasteiger partial charge in [0.25, 0.3) is 0 Å². The lowest BCUT2D eigenvalue weighted by atomic mass is 10.0. The van der Waals surface area contributed by atoms with Crippen molar-refractivity contribution in [2.24, 2.45) is 7.05 Å². The second kappa shape index (κ2) is 8.92. The Hall–Kier alpha value is -1.12. The van der Waals surface area contributed by atoms with Crippen LogP contribution in [0.4, 0.5) is 0 Å². The monoisotopic (exact) mass is 432 g/mol. The second-order valence-corrected chi connectivity index (χ2v) is 9.33. The number of piperidine rings is 1. The maximum Gasteiger partial charge on any atom is 0.243 e. The van der Waals surface area contributed by atoms with Gasteiger partial charge in [-0.1, -0.05) is 24.1 Å². The summed E-state index contributed by atoms with van der Waals surface area (Å²) < 4.78 is 29.9. The van der Waals surface area contributed by atoms with E-state index < -0.39 is 10.0 Å². The molecular weight excluding hydrogens is 407 g/mol. The third kappa shape index (κ3) is 4.84. The van der Waals surface area contributed by atoms with Crippen molar-refractivity contribution in [3.05, 3.63) is 46.7 Å². The van der Waals surface area contributed by atoms with Crippen LogP contribution in [0.3, 0.4) is 0 Å². The summed E-state index contributed by atoms with van der Waals surface area (Å²) in [5.74, 6) is 0. The van der Waals surface area contributed by atoms with E-state index in [2.05, 4.69) is 10.00 Å². The SMILES string of the molecule is CN(C)Cc1cc(C2CCCCN2S(=O)(=O)c2cccc(Cl)c2)nn1C.Cl. The zero-order chi connectivity index (χ0) is 18.9. The molecule has 1 aliphatic heterocycles. The highest BCUT2D eigenvalue weighted by Gasteiger charge is 2.36. The molecule has 0 bridgehead atoms. The molecule has 0 spiro atoms. The summed E-state index contributed by atoms with van der Waals surface area (Å²) in [6.07, 6.45) is 2.62. The molecule has 3 rings (SSSR count). The van der Waals surface area contributed by atoms with E-state index >= 15 is 0 Å². The van der Waals surface area contributed by atoms with Crippen molar-refractivity contribution in [2.75, 3.05) is 20.6 Å². The van der Waals surface area contributed by atoms with Crippen LogP contribution >= 0.6 is 24.0 Å². The quantitative estimate of drug-likeness (QED) is 0.725. The Morgan fingerprint density at radius 1 is 1.26 bits per heavy atom. The molecule has 9 heteroatoms. The van der Waals surface area contributed by atoms with Gasteiger partial charge in [-0.25, -0.2) is 8.42 Å². The predicted molar refractivity (Wildman–Crippen MR) is 110 cm³/mol. The third-order valence-corrected chi connectivity index (χ3v) is 6.81. The molecule has 1 aromatic carbocycles. The van der Waals surface area contributed by atoms with Crippen molar-refractivity contribution >= 4 is 34.0 Å². The van der Waals surface area contributed by atoms with Gasteiger partial charge in [0.2, 0.25) is 10.0 Å². The molecular formula is C18H26Cl2N4O2S. The van der Waals surface area contributed by atoms with E-state index in [-0.39, 0.29) is 23.3 Å². The summed E-state index contributed by atoms with van der Waals surface area (Å²) in [7, 11) is 2.29. The van der Waals surface area contributed by atoms with Gasteiger partial charge in [0.1, 0.15) is 0 Å². The summed E-state index contributed by atoms with van der Waals surface area (Å²) in [6, 6.07) is 8.25. The Morgan fingerprint density at radius 3 is 2.67 bits per heavy atom. The standard InChI is InChI=1S/C18H25ClN4O2S.ClH/c1-21(2)13-15-12-17(20-22(15)3)18-9-4-5-10-23(18)26(24,25)16-8-6-7-14(19)11-16;/h6-8,11-12,18H,4-5,9-10,13H2,1-3H3;1H. The fourth-order valence-corrected chi connectivity index (χ4v) is 5.39. The van der Waals surface area contributed by atoms with Crippen molar-refractivity contribution in [2.45, 2.75) is 36.7 Å². The van der Waals surface area contributed by atoms with Gasteiger partial charge in [-0.15, -0.1) is 12.4 Å². The van der Waals surface area contributed by atoms with Gasteiger partial charge < -0.3 is 4.90 Å². The Bertz CT molecular complexity index is 883. The van der Waals surface area contributed by atoms with Gasteiger partial charge in [0.15, 0.2) is 0 Å². The smallest absolute Gasteiger partial charge is 0.243 e. The number of aromatic nitrogens is 2. The van der Waals surface area contributed by atoms with Crippen molar-refractivity contribution < 1.29 is 8.42 Å². The molecule has 1 fully saturated rings. The third-order valence-electron chi connectivity index (χ3n) is 4.67. The predicted octanol–water partition coefficient (Wildman–Crippen LogP) is 3.47. The number of rotatable bonds is 5. The van der Waals surface area contributed by atoms with E-state index in [4.69, 9.17) is 11.6 Å². The average molecular weight is 433 g/mol. The molecule has 1 saturated heterocycles. The van der Waals surface area contributed by atoms with Crippen LogP contribution in [0, 0.1) is 0 Å². The fraction of sp³-hybridized carbons (Fsp3) is 0.500. The van der Waals surface area contributed by atoms with Crippen LogP contribution < -0.4 is 0 Å². The first-order valence-electron chi connectivity index (χ1n) is 8.74. The first-order valence-corrected chi connectivity index (χ1v) is 10.6. The van der Waals surface area contributed by atoms with Gasteiger partial charge in [0.05, 0.1) is 22.3 Å². The van der Waals surface area contributed by atoms with E-state index in [1.807, 2.05) is 31.9 Å². The summed E-state index contributed by atoms with van der Waals surface area (Å²) in [5.41, 5.74) is 1.88. The zero-order valence-electron chi connectivity index (χ0n) is 15.8. The lowest BCUT2D eigenvalue weighted by Gasteiger charge is -2.33. The molecule has 1 atom stereocenters. The molecule has 1 aliphatic rings. The number of hydrogen-bond acceptors (Lipinski definition) is 4. The molecule has 150 valence electrons. The number of halogens is 2. The molecule has 0 N–H and O–H groups in total. The van der Waals surface area contributed by atoms with Gasteiger partial charge >= 0.3 is 0 Å². The van der Waals surface area contributed by atoms with Crippen molar-refractivity contribution in [3.8, 4) is 0 Å². The topological polar surface area (TPSA) is 58.4 Å².